The number of likely N-dealkylation sites (tertiary alicyclic amines) is 2. The highest BCUT2D eigenvalue weighted by Crippen LogP contribution is 2.22. The summed E-state index contributed by atoms with van der Waals surface area (Å²) in [5.41, 5.74) is 0.933. The second-order valence-corrected chi connectivity index (χ2v) is 12.1. The lowest BCUT2D eigenvalue weighted by molar-refractivity contribution is -0.134. The van der Waals surface area contributed by atoms with Gasteiger partial charge in [0.1, 0.15) is 5.75 Å². The summed E-state index contributed by atoms with van der Waals surface area (Å²) in [7, 11) is 0. The molecule has 0 aromatic heterocycles. The van der Waals surface area contributed by atoms with Crippen molar-refractivity contribution in [3.05, 3.63) is 71.2 Å². The summed E-state index contributed by atoms with van der Waals surface area (Å²) >= 11 is 3.60. The highest BCUT2D eigenvalue weighted by Gasteiger charge is 2.23. The molecule has 0 radical (unpaired) electrons. The third-order valence-electron chi connectivity index (χ3n) is 7.73. The normalized spacial score (nSPS) is 15.0. The second-order valence-electron chi connectivity index (χ2n) is 11.2. The number of carboxylic acids is 2. The molecule has 11 heteroatoms. The molecule has 2 amide bonds. The van der Waals surface area contributed by atoms with Crippen LogP contribution in [-0.4, -0.2) is 108 Å². The Kier molecular flexibility index (Phi) is 16.5. The van der Waals surface area contributed by atoms with Crippen LogP contribution in [-0.2, 0) is 9.59 Å². The molecule has 2 aliphatic rings. The first-order chi connectivity index (χ1) is 21.8. The molecule has 0 spiro atoms. The molecule has 2 heterocycles. The lowest BCUT2D eigenvalue weighted by Crippen LogP contribution is -2.46. The van der Waals surface area contributed by atoms with Crippen molar-refractivity contribution >= 4 is 39.6 Å². The molecule has 2 aromatic carbocycles. The van der Waals surface area contributed by atoms with E-state index >= 15 is 0 Å². The number of hydrogen-bond donors (Lipinski definition) is 2. The Hall–Kier alpha value is -3.41. The van der Waals surface area contributed by atoms with Crippen LogP contribution >= 0.6 is 15.9 Å². The third kappa shape index (κ3) is 14.5. The summed E-state index contributed by atoms with van der Waals surface area (Å²) in [6.07, 6.45) is 9.16. The molecule has 2 fully saturated rings. The van der Waals surface area contributed by atoms with Crippen molar-refractivity contribution in [1.82, 2.24) is 14.7 Å². The number of nitrogens with zero attached hydrogens (tertiary/aromatic N) is 4. The summed E-state index contributed by atoms with van der Waals surface area (Å²) < 4.78 is 6.91. The predicted octanol–water partition coefficient (Wildman–Crippen LogP) is 5.83. The van der Waals surface area contributed by atoms with Crippen LogP contribution in [0.15, 0.2) is 71.2 Å². The number of rotatable bonds is 16. The van der Waals surface area contributed by atoms with Crippen LogP contribution in [0.5, 0.6) is 5.75 Å². The first-order valence-corrected chi connectivity index (χ1v) is 16.7. The van der Waals surface area contributed by atoms with Gasteiger partial charge in [-0.05, 0) is 115 Å². The van der Waals surface area contributed by atoms with E-state index in [9.17, 15) is 14.4 Å². The van der Waals surface area contributed by atoms with Gasteiger partial charge in [0, 0.05) is 41.9 Å². The van der Waals surface area contributed by atoms with Crippen molar-refractivity contribution in [3.63, 3.8) is 0 Å². The quantitative estimate of drug-likeness (QED) is 0.168. The molecule has 0 aliphatic carbocycles. The van der Waals surface area contributed by atoms with E-state index in [0.717, 1.165) is 61.4 Å². The molecule has 2 saturated heterocycles. The van der Waals surface area contributed by atoms with Gasteiger partial charge in [-0.2, -0.15) is 0 Å². The lowest BCUT2D eigenvalue weighted by atomic mass is 10.2. The number of anilines is 1. The van der Waals surface area contributed by atoms with E-state index < -0.39 is 11.9 Å². The van der Waals surface area contributed by atoms with Crippen molar-refractivity contribution in [2.45, 2.75) is 44.9 Å². The van der Waals surface area contributed by atoms with Gasteiger partial charge in [-0.3, -0.25) is 4.90 Å². The standard InChI is InChI=1S/C30H43BrN4O2.C4H4O4/c31-27-12-8-13-28(26-27)35(24-11-25-37-29-14-2-1-3-15-29)30(36)34(22-9-20-32-16-4-5-17-32)23-10-21-33-18-6-7-19-33;5-3(6)1-2-4(7)8/h1-3,8,12-15,26H,4-7,9-11,16-25H2;1-2H,(H,5,6)(H,7,8)/b;2-1-. The van der Waals surface area contributed by atoms with Crippen LogP contribution in [0.4, 0.5) is 10.5 Å². The Labute approximate surface area is 275 Å². The van der Waals surface area contributed by atoms with Crippen LogP contribution in [0.3, 0.4) is 0 Å². The zero-order valence-corrected chi connectivity index (χ0v) is 27.7. The number of carbonyl (C=O) groups is 3. The maximum Gasteiger partial charge on any atom is 0.328 e. The Bertz CT molecular complexity index is 1160. The fourth-order valence-electron chi connectivity index (χ4n) is 5.51. The number of amides is 2. The van der Waals surface area contributed by atoms with E-state index in [1.807, 2.05) is 59.5 Å². The molecule has 45 heavy (non-hydrogen) atoms. The fraction of sp³-hybridized carbons (Fsp3) is 0.500. The van der Waals surface area contributed by atoms with Crippen molar-refractivity contribution in [2.24, 2.45) is 0 Å². The Morgan fingerprint density at radius 3 is 1.82 bits per heavy atom. The maximum atomic E-state index is 14.0. The second kappa shape index (κ2) is 20.6. The van der Waals surface area contributed by atoms with E-state index in [1.165, 1.54) is 51.9 Å². The van der Waals surface area contributed by atoms with Gasteiger partial charge < -0.3 is 29.6 Å². The van der Waals surface area contributed by atoms with Crippen LogP contribution in [0.25, 0.3) is 0 Å². The number of hydrogen-bond acceptors (Lipinski definition) is 6. The zero-order chi connectivity index (χ0) is 32.3. The van der Waals surface area contributed by atoms with E-state index in [2.05, 4.69) is 30.6 Å². The first kappa shape index (κ1) is 36.1. The summed E-state index contributed by atoms with van der Waals surface area (Å²) in [6.45, 7) is 9.78. The highest BCUT2D eigenvalue weighted by atomic mass is 79.9. The van der Waals surface area contributed by atoms with Gasteiger partial charge in [-0.1, -0.05) is 40.2 Å². The molecule has 0 saturated carbocycles. The molecule has 2 aromatic rings. The molecular weight excluding hydrogens is 640 g/mol. The maximum absolute atomic E-state index is 14.0. The fourth-order valence-corrected chi connectivity index (χ4v) is 5.89. The molecular formula is C34H47BrN4O6. The van der Waals surface area contributed by atoms with Gasteiger partial charge in [0.2, 0.25) is 0 Å². The number of para-hydroxylation sites is 1. The first-order valence-electron chi connectivity index (χ1n) is 15.9. The number of ether oxygens (including phenoxy) is 1. The van der Waals surface area contributed by atoms with Gasteiger partial charge >= 0.3 is 18.0 Å². The summed E-state index contributed by atoms with van der Waals surface area (Å²) in [6, 6.07) is 18.1. The summed E-state index contributed by atoms with van der Waals surface area (Å²) in [5.74, 6) is -1.65. The largest absolute Gasteiger partial charge is 0.494 e. The van der Waals surface area contributed by atoms with Crippen molar-refractivity contribution in [1.29, 1.82) is 0 Å². The molecule has 0 unspecified atom stereocenters. The number of carbonyl (C=O) groups excluding carboxylic acids is 1. The number of aliphatic carboxylic acids is 2. The van der Waals surface area contributed by atoms with E-state index in [4.69, 9.17) is 14.9 Å². The van der Waals surface area contributed by atoms with E-state index in [-0.39, 0.29) is 6.03 Å². The van der Waals surface area contributed by atoms with Crippen LogP contribution in [0, 0.1) is 0 Å². The van der Waals surface area contributed by atoms with E-state index in [0.29, 0.717) is 25.3 Å². The van der Waals surface area contributed by atoms with Crippen molar-refractivity contribution in [2.75, 3.05) is 70.4 Å². The lowest BCUT2D eigenvalue weighted by Gasteiger charge is -2.32. The molecule has 0 atom stereocenters. The van der Waals surface area contributed by atoms with Gasteiger partial charge in [0.15, 0.2) is 0 Å². The zero-order valence-electron chi connectivity index (χ0n) is 26.1. The minimum atomic E-state index is -1.26. The average molecular weight is 688 g/mol. The van der Waals surface area contributed by atoms with Gasteiger partial charge in [0.25, 0.3) is 0 Å². The smallest absolute Gasteiger partial charge is 0.328 e. The van der Waals surface area contributed by atoms with E-state index in [1.54, 1.807) is 0 Å². The van der Waals surface area contributed by atoms with Gasteiger partial charge in [-0.25, -0.2) is 14.4 Å². The molecule has 10 nitrogen and oxygen atoms in total. The van der Waals surface area contributed by atoms with Crippen molar-refractivity contribution < 1.29 is 29.3 Å². The van der Waals surface area contributed by atoms with Crippen molar-refractivity contribution in [3.8, 4) is 5.75 Å². The SMILES string of the molecule is O=C(N(CCCN1CCCC1)CCCN1CCCC1)N(CCCOc1ccccc1)c1cccc(Br)c1.O=C(O)/C=C\C(=O)O. The van der Waals surface area contributed by atoms with Gasteiger partial charge in [-0.15, -0.1) is 0 Å². The number of urea groups is 1. The van der Waals surface area contributed by atoms with Crippen LogP contribution < -0.4 is 9.64 Å². The molecule has 2 N–H and O–H groups in total. The minimum absolute atomic E-state index is 0.112. The third-order valence-corrected chi connectivity index (χ3v) is 8.22. The molecule has 246 valence electrons. The molecule has 4 rings (SSSR count). The average Bonchev–Trinajstić information content (AvgIpc) is 3.75. The number of carboxylic acid groups (broad SMARTS) is 2. The van der Waals surface area contributed by atoms with Crippen LogP contribution in [0.1, 0.15) is 44.9 Å². The topological polar surface area (TPSA) is 114 Å². The van der Waals surface area contributed by atoms with Gasteiger partial charge in [0.05, 0.1) is 6.61 Å². The van der Waals surface area contributed by atoms with Crippen LogP contribution in [0.2, 0.25) is 0 Å². The highest BCUT2D eigenvalue weighted by molar-refractivity contribution is 9.10. The minimum Gasteiger partial charge on any atom is -0.494 e. The predicted molar refractivity (Wildman–Crippen MR) is 180 cm³/mol. The molecule has 0 bridgehead atoms. The molecule has 2 aliphatic heterocycles. The monoisotopic (exact) mass is 686 g/mol. The number of halogens is 1. The Morgan fingerprint density at radius 1 is 0.756 bits per heavy atom. The Morgan fingerprint density at radius 2 is 1.31 bits per heavy atom. The summed E-state index contributed by atoms with van der Waals surface area (Å²) in [5, 5.41) is 15.6. The number of benzene rings is 2. The summed E-state index contributed by atoms with van der Waals surface area (Å²) in [4.78, 5) is 42.3. The Balaban J connectivity index is 0.000000610.